The second kappa shape index (κ2) is 14.4. The Labute approximate surface area is 176 Å². The van der Waals surface area contributed by atoms with E-state index in [0.717, 1.165) is 71.6 Å². The minimum atomic E-state index is 0.161. The van der Waals surface area contributed by atoms with Crippen molar-refractivity contribution in [3.05, 3.63) is 12.3 Å². The van der Waals surface area contributed by atoms with Gasteiger partial charge in [0.25, 0.3) is 0 Å². The molecule has 0 aromatic heterocycles. The Bertz CT molecular complexity index is 499. The van der Waals surface area contributed by atoms with E-state index in [2.05, 4.69) is 42.3 Å². The second-order valence-electron chi connectivity index (χ2n) is 7.76. The lowest BCUT2D eigenvalue weighted by Crippen LogP contribution is -2.47. The summed E-state index contributed by atoms with van der Waals surface area (Å²) in [6.45, 7) is 13.2. The second-order valence-corrected chi connectivity index (χ2v) is 7.76. The van der Waals surface area contributed by atoms with Crippen molar-refractivity contribution in [1.29, 1.82) is 0 Å². The summed E-state index contributed by atoms with van der Waals surface area (Å²) in [5, 5.41) is 0. The third kappa shape index (κ3) is 10.6. The summed E-state index contributed by atoms with van der Waals surface area (Å²) < 4.78 is 0. The lowest BCUT2D eigenvalue weighted by Gasteiger charge is -2.32. The van der Waals surface area contributed by atoms with Crippen LogP contribution in [0, 0.1) is 0 Å². The highest BCUT2D eigenvalue weighted by molar-refractivity contribution is 5.76. The van der Waals surface area contributed by atoms with Gasteiger partial charge in [0, 0.05) is 71.6 Å². The van der Waals surface area contributed by atoms with Crippen molar-refractivity contribution >= 4 is 11.8 Å². The minimum Gasteiger partial charge on any atom is -0.343 e. The van der Waals surface area contributed by atoms with Gasteiger partial charge in [-0.15, -0.1) is 0 Å². The molecule has 0 atom stereocenters. The van der Waals surface area contributed by atoms with Crippen molar-refractivity contribution in [2.24, 2.45) is 0 Å². The first kappa shape index (κ1) is 25.4. The van der Waals surface area contributed by atoms with E-state index in [-0.39, 0.29) is 5.91 Å². The summed E-state index contributed by atoms with van der Waals surface area (Å²) in [7, 11) is 5.59. The third-order valence-electron chi connectivity index (χ3n) is 5.28. The van der Waals surface area contributed by atoms with Crippen LogP contribution in [-0.2, 0) is 19.4 Å². The summed E-state index contributed by atoms with van der Waals surface area (Å²) in [6.07, 6.45) is 3.83. The number of carbonyl (C=O) groups is 2. The molecule has 0 bridgehead atoms. The highest BCUT2D eigenvalue weighted by atomic mass is 17.2. The molecule has 2 aliphatic rings. The van der Waals surface area contributed by atoms with Crippen LogP contribution in [-0.4, -0.2) is 105 Å². The third-order valence-corrected chi connectivity index (χ3v) is 5.28. The summed E-state index contributed by atoms with van der Waals surface area (Å²) in [4.78, 5) is 40.9. The Balaban J connectivity index is 0.000000296. The van der Waals surface area contributed by atoms with E-state index in [9.17, 15) is 9.59 Å². The molecule has 2 fully saturated rings. The highest BCUT2D eigenvalue weighted by Gasteiger charge is 2.19. The van der Waals surface area contributed by atoms with E-state index < -0.39 is 0 Å². The molecule has 0 spiro atoms. The van der Waals surface area contributed by atoms with E-state index >= 15 is 0 Å². The van der Waals surface area contributed by atoms with Gasteiger partial charge in [0.15, 0.2) is 0 Å². The first-order chi connectivity index (χ1) is 13.9. The fraction of sp³-hybridized carbons (Fsp3) is 0.810. The Hall–Kier alpha value is -1.64. The average Bonchev–Trinajstić information content (AvgIpc) is 2.72. The molecule has 8 nitrogen and oxygen atoms in total. The van der Waals surface area contributed by atoms with Gasteiger partial charge in [0.05, 0.1) is 7.11 Å². The molecule has 168 valence electrons. The van der Waals surface area contributed by atoms with Gasteiger partial charge in [-0.05, 0) is 20.5 Å². The normalized spacial score (nSPS) is 18.1. The van der Waals surface area contributed by atoms with Crippen molar-refractivity contribution < 1.29 is 19.4 Å². The van der Waals surface area contributed by atoms with Crippen LogP contribution < -0.4 is 0 Å². The summed E-state index contributed by atoms with van der Waals surface area (Å²) >= 11 is 0. The molecule has 29 heavy (non-hydrogen) atoms. The van der Waals surface area contributed by atoms with Gasteiger partial charge in [0.1, 0.15) is 5.76 Å². The van der Waals surface area contributed by atoms with E-state index in [1.54, 1.807) is 0 Å². The van der Waals surface area contributed by atoms with Gasteiger partial charge in [0.2, 0.25) is 11.8 Å². The first-order valence-electron chi connectivity index (χ1n) is 10.7. The van der Waals surface area contributed by atoms with E-state index in [0.29, 0.717) is 24.5 Å². The first-order valence-corrected chi connectivity index (χ1v) is 10.7. The zero-order chi connectivity index (χ0) is 21.6. The Morgan fingerprint density at radius 3 is 1.66 bits per heavy atom. The quantitative estimate of drug-likeness (QED) is 0.343. The van der Waals surface area contributed by atoms with Gasteiger partial charge >= 0.3 is 0 Å². The van der Waals surface area contributed by atoms with Crippen LogP contribution >= 0.6 is 0 Å². The Morgan fingerprint density at radius 1 is 0.793 bits per heavy atom. The lowest BCUT2D eigenvalue weighted by molar-refractivity contribution is -0.239. The molecule has 2 rings (SSSR count). The molecule has 0 radical (unpaired) electrons. The smallest absolute Gasteiger partial charge is 0.223 e. The molecule has 2 amide bonds. The van der Waals surface area contributed by atoms with E-state index in [1.807, 2.05) is 9.80 Å². The molecule has 0 unspecified atom stereocenters. The van der Waals surface area contributed by atoms with Crippen LogP contribution in [0.2, 0.25) is 0 Å². The number of hydrogen-bond acceptors (Lipinski definition) is 6. The Morgan fingerprint density at radius 2 is 1.24 bits per heavy atom. The summed E-state index contributed by atoms with van der Waals surface area (Å²) in [5.41, 5.74) is 0. The molecule has 2 aliphatic heterocycles. The number of amides is 2. The van der Waals surface area contributed by atoms with Crippen molar-refractivity contribution in [2.75, 3.05) is 73.6 Å². The molecule has 0 aliphatic carbocycles. The van der Waals surface area contributed by atoms with Gasteiger partial charge in [-0.3, -0.25) is 9.59 Å². The Kier molecular flexibility index (Phi) is 12.6. The van der Waals surface area contributed by atoms with Crippen LogP contribution in [0.5, 0.6) is 0 Å². The predicted octanol–water partition coefficient (Wildman–Crippen LogP) is 1.58. The summed E-state index contributed by atoms with van der Waals surface area (Å²) in [6, 6.07) is 0. The maximum Gasteiger partial charge on any atom is 0.223 e. The van der Waals surface area contributed by atoms with Crippen LogP contribution in [0.15, 0.2) is 12.3 Å². The number of nitrogens with zero attached hydrogens (tertiary/aromatic N) is 4. The number of hydrogen-bond donors (Lipinski definition) is 0. The number of rotatable bonds is 8. The topological polar surface area (TPSA) is 65.6 Å². The van der Waals surface area contributed by atoms with Crippen molar-refractivity contribution in [2.45, 2.75) is 39.0 Å². The van der Waals surface area contributed by atoms with E-state index in [1.165, 1.54) is 7.11 Å². The van der Waals surface area contributed by atoms with Crippen LogP contribution in [0.4, 0.5) is 0 Å². The van der Waals surface area contributed by atoms with Gasteiger partial charge in [-0.25, -0.2) is 0 Å². The number of unbranched alkanes of at least 4 members (excludes halogenated alkanes) is 1. The molecule has 0 N–H and O–H groups in total. The van der Waals surface area contributed by atoms with Crippen molar-refractivity contribution in [3.63, 3.8) is 0 Å². The van der Waals surface area contributed by atoms with Gasteiger partial charge in [-0.2, -0.15) is 4.89 Å². The molecule has 0 saturated carbocycles. The minimum absolute atomic E-state index is 0.161. The SMILES string of the molecule is C=C(CCC(=O)N1CCN(C)CC1)OOC.CCCCC(=O)N1CCN(C)CC1. The maximum atomic E-state index is 11.8. The molecular weight excluding hydrogens is 372 g/mol. The van der Waals surface area contributed by atoms with Gasteiger partial charge in [-0.1, -0.05) is 19.9 Å². The number of likely N-dealkylation sites (N-methyl/N-ethyl adjacent to an activating group) is 2. The van der Waals surface area contributed by atoms with E-state index in [4.69, 9.17) is 4.89 Å². The number of carbonyl (C=O) groups excluding carboxylic acids is 2. The molecular formula is C21H40N4O4. The fourth-order valence-electron chi connectivity index (χ4n) is 3.16. The zero-order valence-electron chi connectivity index (χ0n) is 18.8. The number of piperazine rings is 2. The monoisotopic (exact) mass is 412 g/mol. The van der Waals surface area contributed by atoms with Crippen molar-refractivity contribution in [3.8, 4) is 0 Å². The molecule has 0 aromatic carbocycles. The molecule has 2 saturated heterocycles. The largest absolute Gasteiger partial charge is 0.343 e. The standard InChI is InChI=1S/C11H20N2O3.C10H20N2O/c1-10(16-15-3)4-5-11(14)13-8-6-12(2)7-9-13;1-3-4-5-10(13)12-8-6-11(2)7-9-12/h1,4-9H2,2-3H3;3-9H2,1-2H3. The zero-order valence-corrected chi connectivity index (χ0v) is 18.8. The predicted molar refractivity (Wildman–Crippen MR) is 114 cm³/mol. The van der Waals surface area contributed by atoms with Crippen molar-refractivity contribution in [1.82, 2.24) is 19.6 Å². The summed E-state index contributed by atoms with van der Waals surface area (Å²) in [5.74, 6) is 0.994. The van der Waals surface area contributed by atoms with Crippen LogP contribution in [0.3, 0.4) is 0 Å². The molecule has 2 heterocycles. The average molecular weight is 413 g/mol. The fourth-order valence-corrected chi connectivity index (χ4v) is 3.16. The highest BCUT2D eigenvalue weighted by Crippen LogP contribution is 2.08. The molecule has 8 heteroatoms. The van der Waals surface area contributed by atoms with Gasteiger partial charge < -0.3 is 24.5 Å². The van der Waals surface area contributed by atoms with Crippen LogP contribution in [0.1, 0.15) is 39.0 Å². The maximum absolute atomic E-state index is 11.8. The van der Waals surface area contributed by atoms with Crippen LogP contribution in [0.25, 0.3) is 0 Å². The molecule has 0 aromatic rings. The number of allylic oxidation sites excluding steroid dienone is 1. The lowest BCUT2D eigenvalue weighted by atomic mass is 10.2.